The molecule has 2 amide bonds. The molecule has 2 aliphatic heterocycles. The van der Waals surface area contributed by atoms with Gasteiger partial charge in [-0.25, -0.2) is 0 Å². The van der Waals surface area contributed by atoms with Crippen LogP contribution in [-0.4, -0.2) is 57.8 Å². The standard InChI is InChI=1S/C23H31NO3.C20H27NO3/c1-7-12-19-20(25)24(17(3)18-13-10-9-11-14-18)16-23(19,15-8-2)21(26)27-22(4,5)6;1-6-12-20(18(23)24-19(3,4)5)13-17(22)21(14-20)15(2)16-10-8-7-9-11-16/h7-11,13-14,17,19H,1-2,12,15-16H2,3-6H3;6-11,15H,1,12-14H2,2-5H3/t17-,19+,23-;15-,20+/m11/s1. The van der Waals surface area contributed by atoms with Gasteiger partial charge in [-0.2, -0.15) is 0 Å². The Morgan fingerprint density at radius 3 is 1.67 bits per heavy atom. The van der Waals surface area contributed by atoms with Crippen LogP contribution in [0.2, 0.25) is 0 Å². The van der Waals surface area contributed by atoms with Gasteiger partial charge in [-0.1, -0.05) is 78.9 Å². The molecule has 5 atom stereocenters. The van der Waals surface area contributed by atoms with Crippen molar-refractivity contribution in [2.75, 3.05) is 13.1 Å². The lowest BCUT2D eigenvalue weighted by Gasteiger charge is -2.33. The highest BCUT2D eigenvalue weighted by Gasteiger charge is 2.58. The molecule has 0 unspecified atom stereocenters. The van der Waals surface area contributed by atoms with Crippen LogP contribution in [0.1, 0.15) is 104 Å². The molecule has 8 heteroatoms. The molecule has 2 fully saturated rings. The molecule has 276 valence electrons. The maximum Gasteiger partial charge on any atom is 0.315 e. The summed E-state index contributed by atoms with van der Waals surface area (Å²) >= 11 is 0. The highest BCUT2D eigenvalue weighted by atomic mass is 16.6. The lowest BCUT2D eigenvalue weighted by Crippen LogP contribution is -2.43. The molecule has 2 aliphatic rings. The summed E-state index contributed by atoms with van der Waals surface area (Å²) in [5, 5.41) is 0. The largest absolute Gasteiger partial charge is 0.459 e. The highest BCUT2D eigenvalue weighted by molar-refractivity contribution is 5.93. The van der Waals surface area contributed by atoms with E-state index in [1.807, 2.05) is 116 Å². The average molecular weight is 699 g/mol. The number of amides is 2. The maximum atomic E-state index is 13.3. The van der Waals surface area contributed by atoms with Crippen LogP contribution >= 0.6 is 0 Å². The van der Waals surface area contributed by atoms with E-state index in [-0.39, 0.29) is 42.3 Å². The van der Waals surface area contributed by atoms with Gasteiger partial charge in [0.25, 0.3) is 0 Å². The Morgan fingerprint density at radius 1 is 0.745 bits per heavy atom. The minimum Gasteiger partial charge on any atom is -0.459 e. The third-order valence-electron chi connectivity index (χ3n) is 9.57. The van der Waals surface area contributed by atoms with Gasteiger partial charge in [-0.3, -0.25) is 19.2 Å². The zero-order chi connectivity index (χ0) is 38.2. The molecule has 0 aliphatic carbocycles. The molecule has 0 bridgehead atoms. The van der Waals surface area contributed by atoms with Crippen LogP contribution < -0.4 is 0 Å². The molecular formula is C43H58N2O6. The van der Waals surface area contributed by atoms with Gasteiger partial charge >= 0.3 is 11.9 Å². The van der Waals surface area contributed by atoms with E-state index in [2.05, 4.69) is 19.7 Å². The summed E-state index contributed by atoms with van der Waals surface area (Å²) in [5.41, 5.74) is -0.872. The first-order valence-electron chi connectivity index (χ1n) is 17.8. The monoisotopic (exact) mass is 698 g/mol. The number of benzene rings is 2. The summed E-state index contributed by atoms with van der Waals surface area (Å²) in [5.74, 6) is -1.18. The molecule has 4 rings (SSSR count). The Morgan fingerprint density at radius 2 is 1.22 bits per heavy atom. The molecule has 8 nitrogen and oxygen atoms in total. The zero-order valence-electron chi connectivity index (χ0n) is 31.9. The predicted octanol–water partition coefficient (Wildman–Crippen LogP) is 8.57. The third kappa shape index (κ3) is 9.87. The van der Waals surface area contributed by atoms with Crippen LogP contribution in [0, 0.1) is 16.7 Å². The fourth-order valence-electron chi connectivity index (χ4n) is 6.94. The number of ether oxygens (including phenoxy) is 2. The second-order valence-corrected chi connectivity index (χ2v) is 15.8. The summed E-state index contributed by atoms with van der Waals surface area (Å²) in [6.07, 6.45) is 6.56. The van der Waals surface area contributed by atoms with Crippen molar-refractivity contribution in [1.29, 1.82) is 0 Å². The number of allylic oxidation sites excluding steroid dienone is 3. The van der Waals surface area contributed by atoms with Gasteiger partial charge in [0.05, 0.1) is 23.4 Å². The van der Waals surface area contributed by atoms with E-state index in [1.165, 1.54) is 0 Å². The Labute approximate surface area is 305 Å². The number of hydrogen-bond acceptors (Lipinski definition) is 6. The van der Waals surface area contributed by atoms with E-state index in [9.17, 15) is 19.2 Å². The van der Waals surface area contributed by atoms with Gasteiger partial charge in [0.15, 0.2) is 0 Å². The molecule has 51 heavy (non-hydrogen) atoms. The van der Waals surface area contributed by atoms with Crippen molar-refractivity contribution in [3.63, 3.8) is 0 Å². The maximum absolute atomic E-state index is 13.3. The number of rotatable bonds is 12. The minimum atomic E-state index is -0.941. The number of likely N-dealkylation sites (tertiary alicyclic amines) is 2. The van der Waals surface area contributed by atoms with E-state index in [0.717, 1.165) is 11.1 Å². The summed E-state index contributed by atoms with van der Waals surface area (Å²) in [7, 11) is 0. The van der Waals surface area contributed by atoms with E-state index < -0.39 is 27.9 Å². The molecule has 0 saturated carbocycles. The van der Waals surface area contributed by atoms with Crippen molar-refractivity contribution in [3.8, 4) is 0 Å². The normalized spacial score (nSPS) is 23.1. The van der Waals surface area contributed by atoms with Crippen LogP contribution in [0.15, 0.2) is 98.6 Å². The first-order chi connectivity index (χ1) is 23.8. The minimum absolute atomic E-state index is 0.0148. The first-order valence-corrected chi connectivity index (χ1v) is 17.8. The quantitative estimate of drug-likeness (QED) is 0.163. The fraction of sp³-hybridized carbons (Fsp3) is 0.488. The van der Waals surface area contributed by atoms with Gasteiger partial charge in [-0.15, -0.1) is 19.7 Å². The number of nitrogens with zero attached hydrogens (tertiary/aromatic N) is 2. The molecule has 0 spiro atoms. The smallest absolute Gasteiger partial charge is 0.315 e. The Hall–Kier alpha value is -4.46. The third-order valence-corrected chi connectivity index (χ3v) is 9.57. The summed E-state index contributed by atoms with van der Waals surface area (Å²) in [4.78, 5) is 55.5. The number of hydrogen-bond donors (Lipinski definition) is 0. The summed E-state index contributed by atoms with van der Waals surface area (Å²) in [6.45, 7) is 27.1. The topological polar surface area (TPSA) is 93.2 Å². The van der Waals surface area contributed by atoms with Crippen molar-refractivity contribution < 1.29 is 28.7 Å². The molecule has 0 radical (unpaired) electrons. The van der Waals surface area contributed by atoms with Gasteiger partial charge in [-0.05, 0) is 85.8 Å². The van der Waals surface area contributed by atoms with E-state index in [1.54, 1.807) is 28.0 Å². The van der Waals surface area contributed by atoms with Crippen molar-refractivity contribution in [3.05, 3.63) is 110 Å². The van der Waals surface area contributed by atoms with E-state index in [0.29, 0.717) is 32.4 Å². The Balaban J connectivity index is 0.000000277. The van der Waals surface area contributed by atoms with E-state index >= 15 is 0 Å². The number of carbonyl (C=O) groups is 4. The summed E-state index contributed by atoms with van der Waals surface area (Å²) < 4.78 is 11.3. The van der Waals surface area contributed by atoms with Crippen molar-refractivity contribution >= 4 is 23.8 Å². The van der Waals surface area contributed by atoms with Crippen LogP contribution in [0.5, 0.6) is 0 Å². The van der Waals surface area contributed by atoms with Crippen LogP contribution in [0.25, 0.3) is 0 Å². The first kappa shape index (κ1) is 41.0. The van der Waals surface area contributed by atoms with Crippen LogP contribution in [-0.2, 0) is 28.7 Å². The second-order valence-electron chi connectivity index (χ2n) is 15.8. The van der Waals surface area contributed by atoms with Crippen molar-refractivity contribution in [2.45, 2.75) is 104 Å². The van der Waals surface area contributed by atoms with Gasteiger partial charge in [0, 0.05) is 19.5 Å². The van der Waals surface area contributed by atoms with Crippen LogP contribution in [0.4, 0.5) is 0 Å². The average Bonchev–Trinajstić information content (AvgIpc) is 3.55. The fourth-order valence-corrected chi connectivity index (χ4v) is 6.94. The molecule has 2 aromatic carbocycles. The van der Waals surface area contributed by atoms with Crippen molar-refractivity contribution in [2.24, 2.45) is 16.7 Å². The van der Waals surface area contributed by atoms with Gasteiger partial charge in [0.2, 0.25) is 11.8 Å². The zero-order valence-corrected chi connectivity index (χ0v) is 31.9. The number of carbonyl (C=O) groups excluding carboxylic acids is 4. The molecule has 2 saturated heterocycles. The van der Waals surface area contributed by atoms with Crippen LogP contribution in [0.3, 0.4) is 0 Å². The Bertz CT molecular complexity index is 1560. The lowest BCUT2D eigenvalue weighted by molar-refractivity contribution is -0.170. The number of esters is 2. The second kappa shape index (κ2) is 16.7. The SMILES string of the molecule is C=CC[C@H]1C(=O)N([C@H](C)c2ccccc2)C[C@@]1(CC=C)C(=O)OC(C)(C)C.C=CC[C@]1(C(=O)OC(C)(C)C)CC(=O)N([C@H](C)c2ccccc2)C1. The Kier molecular flexibility index (Phi) is 13.4. The lowest BCUT2D eigenvalue weighted by atomic mass is 9.73. The summed E-state index contributed by atoms with van der Waals surface area (Å²) in [6, 6.07) is 19.5. The molecule has 0 aromatic heterocycles. The van der Waals surface area contributed by atoms with Crippen molar-refractivity contribution in [1.82, 2.24) is 9.80 Å². The van der Waals surface area contributed by atoms with Gasteiger partial charge in [0.1, 0.15) is 16.6 Å². The molecule has 0 N–H and O–H groups in total. The molecule has 2 heterocycles. The molecular weight excluding hydrogens is 640 g/mol. The van der Waals surface area contributed by atoms with Gasteiger partial charge < -0.3 is 19.3 Å². The molecule has 2 aromatic rings. The van der Waals surface area contributed by atoms with E-state index in [4.69, 9.17) is 9.47 Å². The predicted molar refractivity (Wildman–Crippen MR) is 202 cm³/mol. The highest BCUT2D eigenvalue weighted by Crippen LogP contribution is 2.47.